The van der Waals surface area contributed by atoms with Gasteiger partial charge in [0, 0.05) is 6.04 Å². The third-order valence-corrected chi connectivity index (χ3v) is 2.58. The number of nitrogens with zero attached hydrogens (tertiary/aromatic N) is 1. The fraction of sp³-hybridized carbons (Fsp3) is 0.538. The predicted octanol–water partition coefficient (Wildman–Crippen LogP) is 4.32. The van der Waals surface area contributed by atoms with Crippen LogP contribution in [0.2, 0.25) is 0 Å². The molecule has 1 unspecified atom stereocenters. The second-order valence-electron chi connectivity index (χ2n) is 4.63. The van der Waals surface area contributed by atoms with Gasteiger partial charge in [-0.2, -0.15) is 0 Å². The zero-order valence-electron chi connectivity index (χ0n) is 10.2. The van der Waals surface area contributed by atoms with Crippen molar-refractivity contribution in [1.29, 1.82) is 0 Å². The number of nitroso groups, excluding NO2 is 1. The van der Waals surface area contributed by atoms with Crippen LogP contribution in [0.15, 0.2) is 29.4 Å². The number of para-hydroxylation sites is 1. The molecule has 0 bridgehead atoms. The summed E-state index contributed by atoms with van der Waals surface area (Å²) in [7, 11) is 0. The number of hydrogen-bond acceptors (Lipinski definition) is 3. The first kappa shape index (κ1) is 12.7. The minimum Gasteiger partial charge on any atom is -0.381 e. The Hall–Kier alpha value is -1.38. The van der Waals surface area contributed by atoms with E-state index in [1.807, 2.05) is 18.2 Å². The maximum Gasteiger partial charge on any atom is 0.131 e. The maximum absolute atomic E-state index is 10.6. The van der Waals surface area contributed by atoms with Crippen LogP contribution in [0.1, 0.15) is 33.6 Å². The highest BCUT2D eigenvalue weighted by atomic mass is 16.3. The Morgan fingerprint density at radius 2 is 1.88 bits per heavy atom. The second kappa shape index (κ2) is 6.26. The Kier molecular flexibility index (Phi) is 4.96. The van der Waals surface area contributed by atoms with Crippen LogP contribution in [0.25, 0.3) is 0 Å². The normalized spacial score (nSPS) is 12.5. The monoisotopic (exact) mass is 220 g/mol. The summed E-state index contributed by atoms with van der Waals surface area (Å²) >= 11 is 0. The molecule has 3 nitrogen and oxygen atoms in total. The summed E-state index contributed by atoms with van der Waals surface area (Å²) in [5.41, 5.74) is 1.31. The van der Waals surface area contributed by atoms with E-state index in [1.165, 1.54) is 6.42 Å². The van der Waals surface area contributed by atoms with Crippen molar-refractivity contribution in [2.45, 2.75) is 39.7 Å². The Morgan fingerprint density at radius 1 is 1.19 bits per heavy atom. The van der Waals surface area contributed by atoms with Crippen LogP contribution in [0.4, 0.5) is 11.4 Å². The third-order valence-electron chi connectivity index (χ3n) is 2.58. The summed E-state index contributed by atoms with van der Waals surface area (Å²) in [6, 6.07) is 7.71. The molecule has 0 aliphatic rings. The van der Waals surface area contributed by atoms with E-state index in [1.54, 1.807) is 6.07 Å². The van der Waals surface area contributed by atoms with E-state index in [2.05, 4.69) is 31.3 Å². The van der Waals surface area contributed by atoms with Crippen molar-refractivity contribution < 1.29 is 0 Å². The molecular weight excluding hydrogens is 200 g/mol. The molecule has 0 fully saturated rings. The highest BCUT2D eigenvalue weighted by Crippen LogP contribution is 2.25. The van der Waals surface area contributed by atoms with Crippen LogP contribution in [-0.4, -0.2) is 6.04 Å². The smallest absolute Gasteiger partial charge is 0.131 e. The average molecular weight is 220 g/mol. The van der Waals surface area contributed by atoms with Gasteiger partial charge in [0.25, 0.3) is 0 Å². The van der Waals surface area contributed by atoms with E-state index < -0.39 is 0 Å². The molecule has 0 aliphatic carbocycles. The van der Waals surface area contributed by atoms with E-state index in [-0.39, 0.29) is 0 Å². The van der Waals surface area contributed by atoms with Crippen LogP contribution in [0.3, 0.4) is 0 Å². The van der Waals surface area contributed by atoms with Gasteiger partial charge in [0.1, 0.15) is 5.69 Å². The summed E-state index contributed by atoms with van der Waals surface area (Å²) in [5, 5.41) is 6.33. The van der Waals surface area contributed by atoms with Crippen molar-refractivity contribution in [2.75, 3.05) is 5.32 Å². The predicted molar refractivity (Wildman–Crippen MR) is 69.1 cm³/mol. The summed E-state index contributed by atoms with van der Waals surface area (Å²) in [4.78, 5) is 10.6. The van der Waals surface area contributed by atoms with Crippen molar-refractivity contribution in [3.63, 3.8) is 0 Å². The van der Waals surface area contributed by atoms with E-state index in [4.69, 9.17) is 0 Å². The fourth-order valence-electron chi connectivity index (χ4n) is 1.60. The van der Waals surface area contributed by atoms with Crippen molar-refractivity contribution in [2.24, 2.45) is 11.1 Å². The molecule has 1 N–H and O–H groups in total. The molecule has 0 amide bonds. The third kappa shape index (κ3) is 4.01. The number of hydrogen-bond donors (Lipinski definition) is 1. The molecule has 0 aliphatic heterocycles. The van der Waals surface area contributed by atoms with Crippen molar-refractivity contribution in [3.05, 3.63) is 29.2 Å². The molecule has 0 heterocycles. The fourth-order valence-corrected chi connectivity index (χ4v) is 1.60. The molecule has 1 aromatic carbocycles. The van der Waals surface area contributed by atoms with Gasteiger partial charge in [0.15, 0.2) is 0 Å². The number of nitrogens with one attached hydrogen (secondary N) is 1. The lowest BCUT2D eigenvalue weighted by Crippen LogP contribution is -2.15. The lowest BCUT2D eigenvalue weighted by atomic mass is 10.0. The lowest BCUT2D eigenvalue weighted by Gasteiger charge is -2.16. The standard InChI is InChI=1S/C13H20N2O/c1-10(2)8-9-11(3)14-12-6-4-5-7-13(12)15-16/h4-7,10-11,14H,8-9H2,1-3H3. The van der Waals surface area contributed by atoms with Crippen LogP contribution in [0.5, 0.6) is 0 Å². The van der Waals surface area contributed by atoms with Crippen LogP contribution >= 0.6 is 0 Å². The quantitative estimate of drug-likeness (QED) is 0.725. The first-order valence-corrected chi connectivity index (χ1v) is 5.82. The highest BCUT2D eigenvalue weighted by Gasteiger charge is 2.06. The Morgan fingerprint density at radius 3 is 2.50 bits per heavy atom. The van der Waals surface area contributed by atoms with E-state index in [9.17, 15) is 4.91 Å². The van der Waals surface area contributed by atoms with Crippen molar-refractivity contribution in [3.8, 4) is 0 Å². The molecule has 3 heteroatoms. The topological polar surface area (TPSA) is 41.5 Å². The molecule has 0 saturated heterocycles. The molecule has 16 heavy (non-hydrogen) atoms. The van der Waals surface area contributed by atoms with E-state index in [0.29, 0.717) is 17.6 Å². The number of rotatable bonds is 6. The van der Waals surface area contributed by atoms with Gasteiger partial charge in [-0.15, -0.1) is 4.91 Å². The molecule has 0 spiro atoms. The van der Waals surface area contributed by atoms with E-state index in [0.717, 1.165) is 12.1 Å². The summed E-state index contributed by atoms with van der Waals surface area (Å²) in [6.45, 7) is 6.56. The van der Waals surface area contributed by atoms with Gasteiger partial charge >= 0.3 is 0 Å². The summed E-state index contributed by atoms with van der Waals surface area (Å²) < 4.78 is 0. The van der Waals surface area contributed by atoms with E-state index >= 15 is 0 Å². The largest absolute Gasteiger partial charge is 0.381 e. The van der Waals surface area contributed by atoms with Crippen LogP contribution in [0, 0.1) is 10.8 Å². The average Bonchev–Trinajstić information content (AvgIpc) is 2.27. The van der Waals surface area contributed by atoms with Gasteiger partial charge in [-0.05, 0) is 43.0 Å². The summed E-state index contributed by atoms with van der Waals surface area (Å²) in [5.74, 6) is 0.712. The van der Waals surface area contributed by atoms with Gasteiger partial charge in [-0.25, -0.2) is 0 Å². The van der Waals surface area contributed by atoms with Gasteiger partial charge in [0.05, 0.1) is 5.69 Å². The Bertz CT molecular complexity index is 336. The van der Waals surface area contributed by atoms with Crippen molar-refractivity contribution in [1.82, 2.24) is 0 Å². The molecule has 1 atom stereocenters. The SMILES string of the molecule is CC(C)CCC(C)Nc1ccccc1N=O. The molecule has 0 radical (unpaired) electrons. The maximum atomic E-state index is 10.6. The second-order valence-corrected chi connectivity index (χ2v) is 4.63. The summed E-state index contributed by atoms with van der Waals surface area (Å²) in [6.07, 6.45) is 2.29. The first-order valence-electron chi connectivity index (χ1n) is 5.82. The Labute approximate surface area is 97.2 Å². The minimum absolute atomic E-state index is 0.366. The molecule has 1 aromatic rings. The van der Waals surface area contributed by atoms with Gasteiger partial charge in [-0.1, -0.05) is 26.0 Å². The zero-order valence-corrected chi connectivity index (χ0v) is 10.2. The molecule has 0 aromatic heterocycles. The Balaban J connectivity index is 2.55. The first-order chi connectivity index (χ1) is 7.63. The molecule has 88 valence electrons. The van der Waals surface area contributed by atoms with Gasteiger partial charge in [-0.3, -0.25) is 0 Å². The van der Waals surface area contributed by atoms with Gasteiger partial charge in [0.2, 0.25) is 0 Å². The molecule has 1 rings (SSSR count). The minimum atomic E-state index is 0.366. The van der Waals surface area contributed by atoms with Crippen LogP contribution in [-0.2, 0) is 0 Å². The molecule has 0 saturated carbocycles. The zero-order chi connectivity index (χ0) is 12.0. The number of benzene rings is 1. The van der Waals surface area contributed by atoms with Crippen LogP contribution < -0.4 is 5.32 Å². The lowest BCUT2D eigenvalue weighted by molar-refractivity contribution is 0.528. The van der Waals surface area contributed by atoms with Crippen molar-refractivity contribution >= 4 is 11.4 Å². The van der Waals surface area contributed by atoms with Gasteiger partial charge < -0.3 is 5.32 Å². The number of anilines is 1. The molecular formula is C13H20N2O. The highest BCUT2D eigenvalue weighted by molar-refractivity contribution is 5.65.